The van der Waals surface area contributed by atoms with Crippen molar-refractivity contribution in [1.82, 2.24) is 9.97 Å². The summed E-state index contributed by atoms with van der Waals surface area (Å²) < 4.78 is 0.732. The minimum atomic E-state index is 0.0298. The van der Waals surface area contributed by atoms with Crippen molar-refractivity contribution in [2.45, 2.75) is 6.92 Å². The zero-order valence-electron chi connectivity index (χ0n) is 11.4. The van der Waals surface area contributed by atoms with E-state index in [2.05, 4.69) is 42.5 Å². The summed E-state index contributed by atoms with van der Waals surface area (Å²) in [7, 11) is 0. The van der Waals surface area contributed by atoms with E-state index >= 15 is 0 Å². The van der Waals surface area contributed by atoms with Crippen molar-refractivity contribution < 1.29 is 4.79 Å². The highest BCUT2D eigenvalue weighted by Crippen LogP contribution is 2.21. The molecular weight excluding hydrogens is 332 g/mol. The Balaban J connectivity index is 2.15. The van der Waals surface area contributed by atoms with Gasteiger partial charge >= 0.3 is 0 Å². The van der Waals surface area contributed by atoms with Crippen molar-refractivity contribution in [1.29, 1.82) is 0 Å². The Morgan fingerprint density at radius 1 is 1.38 bits per heavy atom. The Labute approximate surface area is 131 Å². The summed E-state index contributed by atoms with van der Waals surface area (Å²) in [6.45, 7) is 1.91. The van der Waals surface area contributed by atoms with E-state index in [4.69, 9.17) is 6.42 Å². The van der Waals surface area contributed by atoms with Crippen LogP contribution in [-0.4, -0.2) is 22.3 Å². The van der Waals surface area contributed by atoms with E-state index in [1.165, 1.54) is 6.92 Å². The summed E-state index contributed by atoms with van der Waals surface area (Å²) in [5.41, 5.74) is 1.46. The van der Waals surface area contributed by atoms with Crippen LogP contribution in [0.25, 0.3) is 0 Å². The smallest absolute Gasteiger partial charge is 0.229 e. The molecule has 0 atom stereocenters. The lowest BCUT2D eigenvalue weighted by atomic mass is 10.1. The number of hydrogen-bond donors (Lipinski definition) is 2. The SMILES string of the molecule is C#CCNc1nc(Nc2ccc(C(C)=O)cc2)ncc1Br. The Morgan fingerprint density at radius 3 is 2.71 bits per heavy atom. The zero-order valence-corrected chi connectivity index (χ0v) is 12.9. The summed E-state index contributed by atoms with van der Waals surface area (Å²) in [6, 6.07) is 7.11. The van der Waals surface area contributed by atoms with Gasteiger partial charge in [-0.2, -0.15) is 4.98 Å². The standard InChI is InChI=1S/C15H13BrN4O/c1-3-8-17-14-13(16)9-18-15(20-14)19-12-6-4-11(5-7-12)10(2)21/h1,4-7,9H,8H2,2H3,(H2,17,18,19,20). The van der Waals surface area contributed by atoms with Crippen molar-refractivity contribution in [2.24, 2.45) is 0 Å². The predicted octanol–water partition coefficient (Wildman–Crippen LogP) is 3.23. The van der Waals surface area contributed by atoms with Crippen LogP contribution in [0.2, 0.25) is 0 Å². The van der Waals surface area contributed by atoms with E-state index in [1.54, 1.807) is 30.5 Å². The maximum atomic E-state index is 11.2. The van der Waals surface area contributed by atoms with Crippen LogP contribution in [0.5, 0.6) is 0 Å². The summed E-state index contributed by atoms with van der Waals surface area (Å²) >= 11 is 3.35. The number of ketones is 1. The first-order valence-corrected chi connectivity index (χ1v) is 6.97. The fraction of sp³-hybridized carbons (Fsp3) is 0.133. The average molecular weight is 345 g/mol. The van der Waals surface area contributed by atoms with E-state index in [1.807, 2.05) is 0 Å². The molecule has 0 saturated carbocycles. The number of hydrogen-bond acceptors (Lipinski definition) is 5. The van der Waals surface area contributed by atoms with Crippen molar-refractivity contribution in [3.05, 3.63) is 40.5 Å². The normalized spacial score (nSPS) is 9.76. The Kier molecular flexibility index (Phi) is 4.90. The van der Waals surface area contributed by atoms with Gasteiger partial charge in [-0.15, -0.1) is 6.42 Å². The molecule has 0 aliphatic carbocycles. The van der Waals surface area contributed by atoms with E-state index in [0.717, 1.165) is 10.2 Å². The van der Waals surface area contributed by atoms with Crippen molar-refractivity contribution in [3.63, 3.8) is 0 Å². The molecule has 5 nitrogen and oxygen atoms in total. The fourth-order valence-corrected chi connectivity index (χ4v) is 1.93. The second-order valence-electron chi connectivity index (χ2n) is 4.21. The van der Waals surface area contributed by atoms with Crippen LogP contribution in [0.4, 0.5) is 17.5 Å². The number of aromatic nitrogens is 2. The van der Waals surface area contributed by atoms with Crippen LogP contribution in [0.3, 0.4) is 0 Å². The van der Waals surface area contributed by atoms with Gasteiger partial charge in [0.2, 0.25) is 5.95 Å². The van der Waals surface area contributed by atoms with Gasteiger partial charge in [-0.3, -0.25) is 4.79 Å². The number of carbonyl (C=O) groups is 1. The Morgan fingerprint density at radius 2 is 2.10 bits per heavy atom. The molecule has 0 bridgehead atoms. The van der Waals surface area contributed by atoms with Gasteiger partial charge in [0.1, 0.15) is 5.82 Å². The summed E-state index contributed by atoms with van der Waals surface area (Å²) in [4.78, 5) is 19.7. The van der Waals surface area contributed by atoms with Crippen LogP contribution in [0.15, 0.2) is 34.9 Å². The quantitative estimate of drug-likeness (QED) is 0.643. The number of Topliss-reactive ketones (excluding diaryl/α,β-unsaturated/α-hetero) is 1. The highest BCUT2D eigenvalue weighted by Gasteiger charge is 2.05. The maximum absolute atomic E-state index is 11.2. The third kappa shape index (κ3) is 4.04. The van der Waals surface area contributed by atoms with E-state index in [9.17, 15) is 4.79 Å². The van der Waals surface area contributed by atoms with E-state index in [-0.39, 0.29) is 5.78 Å². The lowest BCUT2D eigenvalue weighted by Gasteiger charge is -2.09. The lowest BCUT2D eigenvalue weighted by molar-refractivity contribution is 0.101. The van der Waals surface area contributed by atoms with Crippen LogP contribution < -0.4 is 10.6 Å². The molecule has 6 heteroatoms. The second kappa shape index (κ2) is 6.86. The number of nitrogens with zero attached hydrogens (tertiary/aromatic N) is 2. The third-order valence-corrected chi connectivity index (χ3v) is 3.23. The second-order valence-corrected chi connectivity index (χ2v) is 5.06. The molecule has 21 heavy (non-hydrogen) atoms. The first-order valence-electron chi connectivity index (χ1n) is 6.18. The number of benzene rings is 1. The topological polar surface area (TPSA) is 66.9 Å². The molecule has 0 aliphatic rings. The third-order valence-electron chi connectivity index (χ3n) is 2.65. The summed E-state index contributed by atoms with van der Waals surface area (Å²) in [6.07, 6.45) is 6.85. The van der Waals surface area contributed by atoms with Gasteiger partial charge in [0.25, 0.3) is 0 Å². The number of halogens is 1. The highest BCUT2D eigenvalue weighted by molar-refractivity contribution is 9.10. The van der Waals surface area contributed by atoms with Crippen LogP contribution >= 0.6 is 15.9 Å². The Bertz CT molecular complexity index is 692. The van der Waals surface area contributed by atoms with Crippen molar-refractivity contribution >= 4 is 39.2 Å². The average Bonchev–Trinajstić information content (AvgIpc) is 2.48. The molecule has 106 valence electrons. The van der Waals surface area contributed by atoms with Gasteiger partial charge in [0.05, 0.1) is 11.0 Å². The van der Waals surface area contributed by atoms with Gasteiger partial charge in [-0.25, -0.2) is 4.98 Å². The van der Waals surface area contributed by atoms with Gasteiger partial charge in [-0.1, -0.05) is 5.92 Å². The number of terminal acetylenes is 1. The molecule has 0 spiro atoms. The van der Waals surface area contributed by atoms with Gasteiger partial charge < -0.3 is 10.6 Å². The number of nitrogens with one attached hydrogen (secondary N) is 2. The molecule has 0 radical (unpaired) electrons. The lowest BCUT2D eigenvalue weighted by Crippen LogP contribution is -2.05. The predicted molar refractivity (Wildman–Crippen MR) is 86.8 cm³/mol. The van der Waals surface area contributed by atoms with Crippen LogP contribution in [0.1, 0.15) is 17.3 Å². The van der Waals surface area contributed by atoms with Crippen LogP contribution in [0, 0.1) is 12.3 Å². The minimum absolute atomic E-state index is 0.0298. The monoisotopic (exact) mass is 344 g/mol. The summed E-state index contributed by atoms with van der Waals surface area (Å²) in [5.74, 6) is 3.57. The molecule has 0 unspecified atom stereocenters. The fourth-order valence-electron chi connectivity index (χ4n) is 1.60. The molecule has 1 aromatic carbocycles. The molecule has 0 saturated heterocycles. The zero-order chi connectivity index (χ0) is 15.2. The highest BCUT2D eigenvalue weighted by atomic mass is 79.9. The molecular formula is C15H13BrN4O. The van der Waals surface area contributed by atoms with E-state index in [0.29, 0.717) is 23.9 Å². The van der Waals surface area contributed by atoms with Crippen molar-refractivity contribution in [2.75, 3.05) is 17.2 Å². The summed E-state index contributed by atoms with van der Waals surface area (Å²) in [5, 5.41) is 6.06. The first-order chi connectivity index (χ1) is 10.1. The van der Waals surface area contributed by atoms with Gasteiger partial charge in [-0.05, 0) is 47.1 Å². The molecule has 1 aromatic heterocycles. The molecule has 2 aromatic rings. The molecule has 1 heterocycles. The maximum Gasteiger partial charge on any atom is 0.229 e. The molecule has 2 rings (SSSR count). The first kappa shape index (κ1) is 15.0. The van der Waals surface area contributed by atoms with Gasteiger partial charge in [0, 0.05) is 17.4 Å². The number of carbonyl (C=O) groups excluding carboxylic acids is 1. The molecule has 2 N–H and O–H groups in total. The van der Waals surface area contributed by atoms with Crippen molar-refractivity contribution in [3.8, 4) is 12.3 Å². The van der Waals surface area contributed by atoms with Gasteiger partial charge in [0.15, 0.2) is 5.78 Å². The Hall–Kier alpha value is -2.39. The van der Waals surface area contributed by atoms with E-state index < -0.39 is 0 Å². The van der Waals surface area contributed by atoms with Crippen LogP contribution in [-0.2, 0) is 0 Å². The molecule has 0 amide bonds. The molecule has 0 fully saturated rings. The number of rotatable bonds is 5. The molecule has 0 aliphatic heterocycles. The minimum Gasteiger partial charge on any atom is -0.358 e. The largest absolute Gasteiger partial charge is 0.358 e. The number of anilines is 3.